The standard InChI is InChI=1S/C8H6BrN2O3/c1-4-5(8(10)12)2-3-6(9)7(4)11(13)14/h2-3,10H,1H3. The lowest BCUT2D eigenvalue weighted by Gasteiger charge is -2.03. The maximum absolute atomic E-state index is 10.8. The Morgan fingerprint density at radius 1 is 1.57 bits per heavy atom. The average molecular weight is 258 g/mol. The number of benzene rings is 1. The van der Waals surface area contributed by atoms with Crippen molar-refractivity contribution in [1.82, 2.24) is 5.73 Å². The minimum Gasteiger partial charge on any atom is -0.267 e. The van der Waals surface area contributed by atoms with E-state index < -0.39 is 10.8 Å². The molecule has 1 rings (SSSR count). The number of amides is 1. The van der Waals surface area contributed by atoms with Gasteiger partial charge in [0.1, 0.15) is 0 Å². The molecule has 1 aromatic rings. The van der Waals surface area contributed by atoms with Crippen LogP contribution in [0.15, 0.2) is 16.6 Å². The van der Waals surface area contributed by atoms with E-state index >= 15 is 0 Å². The third kappa shape index (κ3) is 1.74. The van der Waals surface area contributed by atoms with Gasteiger partial charge in [-0.3, -0.25) is 20.6 Å². The van der Waals surface area contributed by atoms with Crippen molar-refractivity contribution >= 4 is 27.5 Å². The third-order valence-electron chi connectivity index (χ3n) is 1.81. The lowest BCUT2D eigenvalue weighted by atomic mass is 10.1. The van der Waals surface area contributed by atoms with Crippen molar-refractivity contribution in [2.75, 3.05) is 0 Å². The van der Waals surface area contributed by atoms with Crippen molar-refractivity contribution < 1.29 is 9.72 Å². The number of nitrogens with one attached hydrogen (secondary N) is 1. The van der Waals surface area contributed by atoms with Crippen LogP contribution in [-0.4, -0.2) is 10.8 Å². The van der Waals surface area contributed by atoms with Crippen molar-refractivity contribution in [3.8, 4) is 0 Å². The number of nitrogens with zero attached hydrogens (tertiary/aromatic N) is 1. The molecule has 0 fully saturated rings. The van der Waals surface area contributed by atoms with Crippen LogP contribution >= 0.6 is 15.9 Å². The van der Waals surface area contributed by atoms with Crippen LogP contribution in [0.1, 0.15) is 15.9 Å². The quantitative estimate of drug-likeness (QED) is 0.601. The Balaban J connectivity index is 3.49. The monoisotopic (exact) mass is 257 g/mol. The molecule has 0 aliphatic rings. The van der Waals surface area contributed by atoms with Gasteiger partial charge < -0.3 is 0 Å². The van der Waals surface area contributed by atoms with E-state index in [1.54, 1.807) is 0 Å². The second-order valence-corrected chi connectivity index (χ2v) is 3.51. The Kier molecular flexibility index (Phi) is 2.85. The van der Waals surface area contributed by atoms with Crippen molar-refractivity contribution in [3.63, 3.8) is 0 Å². The van der Waals surface area contributed by atoms with Gasteiger partial charge in [-0.25, -0.2) is 0 Å². The molecule has 1 N–H and O–H groups in total. The first-order valence-corrected chi connectivity index (χ1v) is 4.44. The summed E-state index contributed by atoms with van der Waals surface area (Å²) in [5.74, 6) is -0.918. The van der Waals surface area contributed by atoms with Crippen LogP contribution in [0.4, 0.5) is 5.69 Å². The highest BCUT2D eigenvalue weighted by molar-refractivity contribution is 9.10. The summed E-state index contributed by atoms with van der Waals surface area (Å²) in [5, 5.41) is 10.6. The van der Waals surface area contributed by atoms with E-state index in [-0.39, 0.29) is 16.8 Å². The highest BCUT2D eigenvalue weighted by Crippen LogP contribution is 2.30. The number of halogens is 1. The summed E-state index contributed by atoms with van der Waals surface area (Å²) in [6.07, 6.45) is 0. The molecule has 1 amide bonds. The zero-order chi connectivity index (χ0) is 10.9. The second-order valence-electron chi connectivity index (χ2n) is 2.65. The van der Waals surface area contributed by atoms with Crippen molar-refractivity contribution in [2.45, 2.75) is 6.92 Å². The summed E-state index contributed by atoms with van der Waals surface area (Å²) in [6.45, 7) is 1.45. The molecular formula is C8H6BrN2O3. The zero-order valence-corrected chi connectivity index (χ0v) is 8.79. The summed E-state index contributed by atoms with van der Waals surface area (Å²) in [7, 11) is 0. The number of nitro benzene ring substituents is 1. The highest BCUT2D eigenvalue weighted by atomic mass is 79.9. The van der Waals surface area contributed by atoms with Gasteiger partial charge in [-0.15, -0.1) is 0 Å². The molecule has 0 aromatic heterocycles. The number of hydrogen-bond acceptors (Lipinski definition) is 3. The Bertz CT molecular complexity index is 417. The van der Waals surface area contributed by atoms with Gasteiger partial charge in [0.25, 0.3) is 11.6 Å². The van der Waals surface area contributed by atoms with Gasteiger partial charge in [-0.2, -0.15) is 0 Å². The highest BCUT2D eigenvalue weighted by Gasteiger charge is 2.20. The van der Waals surface area contributed by atoms with Gasteiger partial charge >= 0.3 is 0 Å². The van der Waals surface area contributed by atoms with Crippen LogP contribution in [0.25, 0.3) is 0 Å². The number of carbonyl (C=O) groups is 1. The largest absolute Gasteiger partial charge is 0.287 e. The Morgan fingerprint density at radius 3 is 2.57 bits per heavy atom. The second kappa shape index (κ2) is 3.75. The molecule has 0 aliphatic carbocycles. The molecule has 0 heterocycles. The summed E-state index contributed by atoms with van der Waals surface area (Å²) >= 11 is 3.02. The first kappa shape index (κ1) is 10.6. The van der Waals surface area contributed by atoms with Crippen molar-refractivity contribution in [2.24, 2.45) is 0 Å². The topological polar surface area (TPSA) is 84.0 Å². The zero-order valence-electron chi connectivity index (χ0n) is 7.20. The van der Waals surface area contributed by atoms with Crippen LogP contribution in [0.2, 0.25) is 0 Å². The van der Waals surface area contributed by atoms with E-state index in [0.717, 1.165) is 0 Å². The summed E-state index contributed by atoms with van der Waals surface area (Å²) in [5.41, 5.74) is 6.99. The van der Waals surface area contributed by atoms with Crippen LogP contribution in [-0.2, 0) is 0 Å². The normalized spacial score (nSPS) is 9.86. The third-order valence-corrected chi connectivity index (χ3v) is 2.45. The molecule has 73 valence electrons. The molecule has 5 nitrogen and oxygen atoms in total. The van der Waals surface area contributed by atoms with Gasteiger partial charge in [0.05, 0.1) is 15.0 Å². The fraction of sp³-hybridized carbons (Fsp3) is 0.125. The smallest absolute Gasteiger partial charge is 0.267 e. The molecular weight excluding hydrogens is 252 g/mol. The van der Waals surface area contributed by atoms with Crippen LogP contribution in [0.5, 0.6) is 0 Å². The first-order valence-electron chi connectivity index (χ1n) is 3.64. The minimum atomic E-state index is -0.918. The summed E-state index contributed by atoms with van der Waals surface area (Å²) < 4.78 is 0.310. The Hall–Kier alpha value is -1.43. The fourth-order valence-electron chi connectivity index (χ4n) is 1.14. The molecule has 0 saturated carbocycles. The van der Waals surface area contributed by atoms with Gasteiger partial charge in [0.15, 0.2) is 0 Å². The van der Waals surface area contributed by atoms with Crippen molar-refractivity contribution in [3.05, 3.63) is 37.8 Å². The molecule has 0 saturated heterocycles. The molecule has 1 radical (unpaired) electrons. The molecule has 0 atom stereocenters. The predicted molar refractivity (Wildman–Crippen MR) is 53.0 cm³/mol. The SMILES string of the molecule is Cc1c(C([NH])=O)ccc(Br)c1[N+](=O)[O-]. The number of rotatable bonds is 2. The Morgan fingerprint density at radius 2 is 2.14 bits per heavy atom. The van der Waals surface area contributed by atoms with Crippen LogP contribution < -0.4 is 5.73 Å². The number of hydrogen-bond donors (Lipinski definition) is 0. The minimum absolute atomic E-state index is 0.0555. The summed E-state index contributed by atoms with van der Waals surface area (Å²) in [4.78, 5) is 20.8. The maximum Gasteiger partial charge on any atom is 0.287 e. The molecule has 0 bridgehead atoms. The van der Waals surface area contributed by atoms with E-state index in [4.69, 9.17) is 5.73 Å². The van der Waals surface area contributed by atoms with E-state index in [9.17, 15) is 14.9 Å². The fourth-order valence-corrected chi connectivity index (χ4v) is 1.71. The number of nitro groups is 1. The van der Waals surface area contributed by atoms with E-state index in [1.165, 1.54) is 19.1 Å². The molecule has 1 aromatic carbocycles. The van der Waals surface area contributed by atoms with Gasteiger partial charge in [0.2, 0.25) is 0 Å². The average Bonchev–Trinajstić information content (AvgIpc) is 2.02. The van der Waals surface area contributed by atoms with E-state index in [2.05, 4.69) is 15.9 Å². The van der Waals surface area contributed by atoms with Crippen LogP contribution in [0.3, 0.4) is 0 Å². The van der Waals surface area contributed by atoms with Gasteiger partial charge in [-0.05, 0) is 35.0 Å². The lowest BCUT2D eigenvalue weighted by Crippen LogP contribution is -2.04. The maximum atomic E-state index is 10.8. The van der Waals surface area contributed by atoms with Gasteiger partial charge in [0, 0.05) is 5.56 Å². The molecule has 0 aliphatic heterocycles. The predicted octanol–water partition coefficient (Wildman–Crippen LogP) is 2.09. The van der Waals surface area contributed by atoms with E-state index in [1.807, 2.05) is 0 Å². The van der Waals surface area contributed by atoms with Crippen LogP contribution in [0, 0.1) is 17.0 Å². The van der Waals surface area contributed by atoms with Gasteiger partial charge in [-0.1, -0.05) is 0 Å². The van der Waals surface area contributed by atoms with Crippen molar-refractivity contribution in [1.29, 1.82) is 0 Å². The first-order chi connectivity index (χ1) is 6.45. The Labute approximate surface area is 88.2 Å². The summed E-state index contributed by atoms with van der Waals surface area (Å²) in [6, 6.07) is 2.79. The molecule has 14 heavy (non-hydrogen) atoms. The molecule has 6 heteroatoms. The number of carbonyl (C=O) groups excluding carboxylic acids is 1. The molecule has 0 unspecified atom stereocenters. The molecule has 0 spiro atoms. The van der Waals surface area contributed by atoms with E-state index in [0.29, 0.717) is 4.47 Å². The lowest BCUT2D eigenvalue weighted by molar-refractivity contribution is -0.386.